The molecule has 2 rings (SSSR count). The minimum absolute atomic E-state index is 0.0957. The van der Waals surface area contributed by atoms with E-state index in [0.717, 1.165) is 12.0 Å². The van der Waals surface area contributed by atoms with Gasteiger partial charge in [-0.2, -0.15) is 0 Å². The van der Waals surface area contributed by atoms with Crippen LogP contribution < -0.4 is 10.5 Å². The second kappa shape index (κ2) is 5.95. The molecule has 0 radical (unpaired) electrons. The summed E-state index contributed by atoms with van der Waals surface area (Å²) in [6, 6.07) is 10.2. The van der Waals surface area contributed by atoms with Gasteiger partial charge in [0.2, 0.25) is 0 Å². The summed E-state index contributed by atoms with van der Waals surface area (Å²) >= 11 is 5.92. The Bertz CT molecular complexity index is 773. The van der Waals surface area contributed by atoms with Crippen LogP contribution in [0.25, 0.3) is 0 Å². The molecule has 112 valence electrons. The average Bonchev–Trinajstić information content (AvgIpc) is 2.43. The van der Waals surface area contributed by atoms with E-state index in [1.54, 1.807) is 19.1 Å². The van der Waals surface area contributed by atoms with Crippen molar-refractivity contribution in [2.75, 3.05) is 10.5 Å². The van der Waals surface area contributed by atoms with Crippen molar-refractivity contribution in [2.24, 2.45) is 0 Å². The van der Waals surface area contributed by atoms with Crippen LogP contribution in [0.5, 0.6) is 0 Å². The molecule has 0 fully saturated rings. The molecule has 0 unspecified atom stereocenters. The van der Waals surface area contributed by atoms with Gasteiger partial charge in [-0.1, -0.05) is 36.7 Å². The van der Waals surface area contributed by atoms with E-state index in [0.29, 0.717) is 22.0 Å². The molecule has 0 saturated heterocycles. The zero-order valence-corrected chi connectivity index (χ0v) is 13.4. The number of para-hydroxylation sites is 1. The molecular formula is C15H17ClN2O2S. The highest BCUT2D eigenvalue weighted by Crippen LogP contribution is 2.28. The van der Waals surface area contributed by atoms with Crippen molar-refractivity contribution >= 4 is 33.0 Å². The van der Waals surface area contributed by atoms with Gasteiger partial charge in [-0.05, 0) is 42.7 Å². The number of sulfonamides is 1. The molecule has 0 aliphatic heterocycles. The Morgan fingerprint density at radius 2 is 1.90 bits per heavy atom. The quantitative estimate of drug-likeness (QED) is 0.844. The molecule has 0 amide bonds. The van der Waals surface area contributed by atoms with E-state index in [4.69, 9.17) is 17.3 Å². The number of rotatable bonds is 4. The van der Waals surface area contributed by atoms with Crippen LogP contribution in [0, 0.1) is 6.92 Å². The van der Waals surface area contributed by atoms with E-state index in [1.165, 1.54) is 12.1 Å². The Hall–Kier alpha value is -1.72. The van der Waals surface area contributed by atoms with Gasteiger partial charge in [0.05, 0.1) is 10.6 Å². The van der Waals surface area contributed by atoms with Crippen molar-refractivity contribution in [3.63, 3.8) is 0 Å². The maximum absolute atomic E-state index is 12.6. The number of benzene rings is 2. The molecule has 0 saturated carbocycles. The highest BCUT2D eigenvalue weighted by atomic mass is 35.5. The second-order valence-corrected chi connectivity index (χ2v) is 6.82. The summed E-state index contributed by atoms with van der Waals surface area (Å²) in [6.07, 6.45) is 0.732. The van der Waals surface area contributed by atoms with Gasteiger partial charge in [0.15, 0.2) is 0 Å². The molecular weight excluding hydrogens is 308 g/mol. The number of aryl methyl sites for hydroxylation is 1. The Labute approximate surface area is 130 Å². The fourth-order valence-electron chi connectivity index (χ4n) is 2.08. The van der Waals surface area contributed by atoms with Crippen molar-refractivity contribution in [1.82, 2.24) is 0 Å². The molecule has 0 aliphatic carbocycles. The molecule has 4 nitrogen and oxygen atoms in total. The Balaban J connectivity index is 2.49. The number of hydrogen-bond acceptors (Lipinski definition) is 3. The third kappa shape index (κ3) is 3.31. The minimum atomic E-state index is -3.74. The van der Waals surface area contributed by atoms with Crippen molar-refractivity contribution in [3.8, 4) is 0 Å². The molecule has 0 atom stereocenters. The predicted octanol–water partition coefficient (Wildman–Crippen LogP) is 3.59. The number of hydrogen-bond donors (Lipinski definition) is 2. The van der Waals surface area contributed by atoms with Crippen molar-refractivity contribution in [1.29, 1.82) is 0 Å². The first kappa shape index (κ1) is 15.7. The molecule has 6 heteroatoms. The van der Waals surface area contributed by atoms with Crippen LogP contribution in [0.2, 0.25) is 5.02 Å². The Morgan fingerprint density at radius 3 is 2.57 bits per heavy atom. The monoisotopic (exact) mass is 324 g/mol. The molecule has 0 aromatic heterocycles. The van der Waals surface area contributed by atoms with Crippen LogP contribution in [-0.2, 0) is 16.4 Å². The fraction of sp³-hybridized carbons (Fsp3) is 0.200. The average molecular weight is 325 g/mol. The van der Waals surface area contributed by atoms with E-state index in [1.807, 2.05) is 19.1 Å². The SMILES string of the molecule is CCc1ccccc1NS(=O)(=O)c1cc(Cl)cc(N)c1C. The third-order valence-electron chi connectivity index (χ3n) is 3.30. The first-order valence-electron chi connectivity index (χ1n) is 6.51. The van der Waals surface area contributed by atoms with E-state index in [2.05, 4.69) is 4.72 Å². The van der Waals surface area contributed by atoms with Crippen LogP contribution >= 0.6 is 11.6 Å². The molecule has 2 aromatic rings. The van der Waals surface area contributed by atoms with Gasteiger partial charge in [0.1, 0.15) is 0 Å². The third-order valence-corrected chi connectivity index (χ3v) is 5.01. The minimum Gasteiger partial charge on any atom is -0.398 e. The van der Waals surface area contributed by atoms with Crippen LogP contribution in [0.4, 0.5) is 11.4 Å². The van der Waals surface area contributed by atoms with E-state index in [-0.39, 0.29) is 4.90 Å². The lowest BCUT2D eigenvalue weighted by molar-refractivity contribution is 0.600. The largest absolute Gasteiger partial charge is 0.398 e. The second-order valence-electron chi connectivity index (χ2n) is 4.73. The van der Waals surface area contributed by atoms with Crippen molar-refractivity contribution in [3.05, 3.63) is 52.5 Å². The van der Waals surface area contributed by atoms with Gasteiger partial charge >= 0.3 is 0 Å². The molecule has 0 spiro atoms. The first-order valence-corrected chi connectivity index (χ1v) is 8.37. The van der Waals surface area contributed by atoms with Crippen LogP contribution in [-0.4, -0.2) is 8.42 Å². The molecule has 0 bridgehead atoms. The normalized spacial score (nSPS) is 11.4. The fourth-order valence-corrected chi connectivity index (χ4v) is 3.77. The maximum Gasteiger partial charge on any atom is 0.262 e. The lowest BCUT2D eigenvalue weighted by Gasteiger charge is -2.14. The number of anilines is 2. The number of nitrogens with two attached hydrogens (primary N) is 1. The summed E-state index contributed by atoms with van der Waals surface area (Å²) < 4.78 is 27.7. The summed E-state index contributed by atoms with van der Waals surface area (Å²) in [5.41, 5.74) is 8.12. The molecule has 3 N–H and O–H groups in total. The van der Waals surface area contributed by atoms with Gasteiger partial charge < -0.3 is 5.73 Å². The summed E-state index contributed by atoms with van der Waals surface area (Å²) in [6.45, 7) is 3.63. The molecule has 21 heavy (non-hydrogen) atoms. The molecule has 0 aliphatic rings. The maximum atomic E-state index is 12.6. The lowest BCUT2D eigenvalue weighted by Crippen LogP contribution is -2.16. The molecule has 2 aromatic carbocycles. The van der Waals surface area contributed by atoms with Gasteiger partial charge in [0, 0.05) is 10.7 Å². The Morgan fingerprint density at radius 1 is 1.24 bits per heavy atom. The summed E-state index contributed by atoms with van der Waals surface area (Å²) in [5.74, 6) is 0. The van der Waals surface area contributed by atoms with Crippen molar-refractivity contribution in [2.45, 2.75) is 25.2 Å². The summed E-state index contributed by atoms with van der Waals surface area (Å²) in [7, 11) is -3.74. The van der Waals surface area contributed by atoms with E-state index < -0.39 is 10.0 Å². The van der Waals surface area contributed by atoms with Crippen LogP contribution in [0.15, 0.2) is 41.3 Å². The highest BCUT2D eigenvalue weighted by molar-refractivity contribution is 7.92. The summed E-state index contributed by atoms with van der Waals surface area (Å²) in [5, 5.41) is 0.294. The molecule has 0 heterocycles. The van der Waals surface area contributed by atoms with E-state index in [9.17, 15) is 8.42 Å². The lowest BCUT2D eigenvalue weighted by atomic mass is 10.1. The smallest absolute Gasteiger partial charge is 0.262 e. The number of nitrogens with one attached hydrogen (secondary N) is 1. The predicted molar refractivity (Wildman–Crippen MR) is 87.2 cm³/mol. The van der Waals surface area contributed by atoms with Gasteiger partial charge in [-0.15, -0.1) is 0 Å². The van der Waals surface area contributed by atoms with Crippen LogP contribution in [0.3, 0.4) is 0 Å². The zero-order chi connectivity index (χ0) is 15.6. The summed E-state index contributed by atoms with van der Waals surface area (Å²) in [4.78, 5) is 0.0957. The van der Waals surface area contributed by atoms with Crippen LogP contribution in [0.1, 0.15) is 18.1 Å². The van der Waals surface area contributed by atoms with Gasteiger partial charge in [-0.3, -0.25) is 4.72 Å². The van der Waals surface area contributed by atoms with Gasteiger partial charge in [0.25, 0.3) is 10.0 Å². The first-order chi connectivity index (χ1) is 9.85. The van der Waals surface area contributed by atoms with Crippen molar-refractivity contribution < 1.29 is 8.42 Å². The highest BCUT2D eigenvalue weighted by Gasteiger charge is 2.20. The Kier molecular flexibility index (Phi) is 4.44. The number of halogens is 1. The zero-order valence-electron chi connectivity index (χ0n) is 11.9. The standard InChI is InChI=1S/C15H17ClN2O2S/c1-3-11-6-4-5-7-14(11)18-21(19,20)15-9-12(16)8-13(17)10(15)2/h4-9,18H,3,17H2,1-2H3. The topological polar surface area (TPSA) is 72.2 Å². The number of nitrogen functional groups attached to an aromatic ring is 1. The van der Waals surface area contributed by atoms with E-state index >= 15 is 0 Å². The van der Waals surface area contributed by atoms with Gasteiger partial charge in [-0.25, -0.2) is 8.42 Å².